The number of benzene rings is 1. The van der Waals surface area contributed by atoms with Gasteiger partial charge in [-0.05, 0) is 40.2 Å². The molecule has 5 heteroatoms. The summed E-state index contributed by atoms with van der Waals surface area (Å²) in [6, 6.07) is 12.0. The second-order valence-corrected chi connectivity index (χ2v) is 5.87. The molecule has 0 atom stereocenters. The monoisotopic (exact) mass is 322 g/mol. The highest BCUT2D eigenvalue weighted by Crippen LogP contribution is 2.35. The number of carbonyl (C=O) groups excluding carboxylic acids is 1. The van der Waals surface area contributed by atoms with Crippen LogP contribution in [0.3, 0.4) is 0 Å². The molecule has 0 unspecified atom stereocenters. The third-order valence-corrected chi connectivity index (χ3v) is 4.62. The van der Waals surface area contributed by atoms with Crippen LogP contribution in [-0.2, 0) is 4.79 Å². The Kier molecular flexibility index (Phi) is 2.95. The molecule has 3 nitrogen and oxygen atoms in total. The van der Waals surface area contributed by atoms with Crippen molar-refractivity contribution >= 4 is 39.3 Å². The van der Waals surface area contributed by atoms with E-state index in [-0.39, 0.29) is 5.91 Å². The Bertz CT molecular complexity index is 623. The fourth-order valence-electron chi connectivity index (χ4n) is 2.04. The molecule has 0 aliphatic carbocycles. The first-order valence-electron chi connectivity index (χ1n) is 5.54. The Labute approximate surface area is 118 Å². The fraction of sp³-hybridized carbons (Fsp3) is 0.154. The van der Waals surface area contributed by atoms with Crippen LogP contribution in [0.2, 0.25) is 0 Å². The van der Waals surface area contributed by atoms with Crippen LogP contribution in [0, 0.1) is 0 Å². The van der Waals surface area contributed by atoms with Crippen molar-refractivity contribution in [2.75, 3.05) is 17.7 Å². The van der Waals surface area contributed by atoms with Gasteiger partial charge in [-0.15, -0.1) is 0 Å². The largest absolute Gasteiger partial charge is 0.313 e. The van der Waals surface area contributed by atoms with Crippen molar-refractivity contribution in [3.8, 4) is 5.69 Å². The lowest BCUT2D eigenvalue weighted by molar-refractivity contribution is -0.115. The molecule has 0 fully saturated rings. The molecule has 0 N–H and O–H groups in total. The van der Waals surface area contributed by atoms with Gasteiger partial charge in [-0.2, -0.15) is 0 Å². The van der Waals surface area contributed by atoms with Crippen LogP contribution in [0.15, 0.2) is 46.0 Å². The molecule has 0 bridgehead atoms. The predicted octanol–water partition coefficient (Wildman–Crippen LogP) is 3.31. The molecule has 1 aliphatic rings. The van der Waals surface area contributed by atoms with Gasteiger partial charge in [-0.1, -0.05) is 23.9 Å². The number of anilines is 1. The van der Waals surface area contributed by atoms with Gasteiger partial charge in [0, 0.05) is 7.05 Å². The van der Waals surface area contributed by atoms with Crippen molar-refractivity contribution in [1.29, 1.82) is 0 Å². The van der Waals surface area contributed by atoms with Crippen LogP contribution in [-0.4, -0.2) is 23.3 Å². The Morgan fingerprint density at radius 1 is 1.17 bits per heavy atom. The summed E-state index contributed by atoms with van der Waals surface area (Å²) >= 11 is 5.12. The summed E-state index contributed by atoms with van der Waals surface area (Å²) in [4.78, 5) is 13.8. The van der Waals surface area contributed by atoms with Crippen molar-refractivity contribution in [2.45, 2.75) is 5.03 Å². The molecular formula is C13H11BrN2OS. The highest BCUT2D eigenvalue weighted by atomic mass is 79.9. The van der Waals surface area contributed by atoms with Crippen LogP contribution < -0.4 is 4.90 Å². The number of amides is 1. The maximum Gasteiger partial charge on any atom is 0.237 e. The van der Waals surface area contributed by atoms with E-state index in [4.69, 9.17) is 0 Å². The molecular weight excluding hydrogens is 312 g/mol. The van der Waals surface area contributed by atoms with Gasteiger partial charge in [0.1, 0.15) is 0 Å². The molecule has 0 saturated carbocycles. The zero-order valence-corrected chi connectivity index (χ0v) is 12.2. The van der Waals surface area contributed by atoms with Crippen LogP contribution in [0.4, 0.5) is 5.69 Å². The maximum absolute atomic E-state index is 12.0. The summed E-state index contributed by atoms with van der Waals surface area (Å²) < 4.78 is 3.13. The third-order valence-electron chi connectivity index (χ3n) is 3.00. The van der Waals surface area contributed by atoms with Crippen molar-refractivity contribution in [1.82, 2.24) is 4.57 Å². The molecule has 1 amide bonds. The first-order valence-corrected chi connectivity index (χ1v) is 7.32. The smallest absolute Gasteiger partial charge is 0.237 e. The Balaban J connectivity index is 2.29. The Morgan fingerprint density at radius 3 is 2.67 bits per heavy atom. The highest BCUT2D eigenvalue weighted by molar-refractivity contribution is 9.10. The number of thioether (sulfide) groups is 1. The summed E-state index contributed by atoms with van der Waals surface area (Å²) in [6.45, 7) is 0. The lowest BCUT2D eigenvalue weighted by atomic mass is 10.2. The minimum absolute atomic E-state index is 0.121. The zero-order chi connectivity index (χ0) is 12.7. The van der Waals surface area contributed by atoms with Crippen molar-refractivity contribution in [2.24, 2.45) is 0 Å². The molecule has 3 rings (SSSR count). The van der Waals surface area contributed by atoms with Gasteiger partial charge in [0.2, 0.25) is 5.91 Å². The number of aromatic nitrogens is 1. The van der Waals surface area contributed by atoms with E-state index in [9.17, 15) is 4.79 Å². The molecule has 2 aromatic rings. The number of rotatable bonds is 0. The number of halogens is 1. The van der Waals surface area contributed by atoms with E-state index >= 15 is 0 Å². The number of carbonyl (C=O) groups is 1. The zero-order valence-electron chi connectivity index (χ0n) is 9.76. The number of para-hydroxylation sites is 2. The second kappa shape index (κ2) is 4.48. The van der Waals surface area contributed by atoms with Gasteiger partial charge < -0.3 is 4.90 Å². The minimum atomic E-state index is 0.121. The van der Waals surface area contributed by atoms with Gasteiger partial charge in [0.05, 0.1) is 26.8 Å². The van der Waals surface area contributed by atoms with Crippen molar-refractivity contribution in [3.05, 3.63) is 41.0 Å². The third kappa shape index (κ3) is 1.78. The van der Waals surface area contributed by atoms with Gasteiger partial charge in [0.25, 0.3) is 0 Å². The number of fused-ring (bicyclic) bond motifs is 3. The second-order valence-electron chi connectivity index (χ2n) is 4.06. The number of hydrogen-bond acceptors (Lipinski definition) is 2. The Morgan fingerprint density at radius 2 is 1.89 bits per heavy atom. The van der Waals surface area contributed by atoms with Gasteiger partial charge >= 0.3 is 0 Å². The van der Waals surface area contributed by atoms with E-state index in [0.717, 1.165) is 21.0 Å². The van der Waals surface area contributed by atoms with Crippen molar-refractivity contribution < 1.29 is 4.79 Å². The first-order chi connectivity index (χ1) is 8.68. The van der Waals surface area contributed by atoms with Crippen LogP contribution >= 0.6 is 27.7 Å². The quantitative estimate of drug-likeness (QED) is 0.743. The average Bonchev–Trinajstić information content (AvgIpc) is 2.74. The molecule has 2 heterocycles. The van der Waals surface area contributed by atoms with E-state index in [0.29, 0.717) is 5.75 Å². The number of hydrogen-bond donors (Lipinski definition) is 0. The summed E-state index contributed by atoms with van der Waals surface area (Å²) in [6.07, 6.45) is 0. The molecule has 0 saturated heterocycles. The SMILES string of the molecule is CN1C(=O)CSc2ccc(Br)n2-c2ccccc21. The van der Waals surface area contributed by atoms with Crippen LogP contribution in [0.1, 0.15) is 0 Å². The normalized spacial score (nSPS) is 14.8. The summed E-state index contributed by atoms with van der Waals surface area (Å²) in [5.41, 5.74) is 1.95. The van der Waals surface area contributed by atoms with Crippen molar-refractivity contribution in [3.63, 3.8) is 0 Å². The van der Waals surface area contributed by atoms with E-state index < -0.39 is 0 Å². The summed E-state index contributed by atoms with van der Waals surface area (Å²) in [7, 11) is 1.82. The van der Waals surface area contributed by atoms with Gasteiger partial charge in [-0.25, -0.2) is 0 Å². The standard InChI is InChI=1S/C13H11BrN2OS/c1-15-9-4-2-3-5-10(9)16-11(14)6-7-13(16)18-8-12(15)17/h2-7H,8H2,1H3. The van der Waals surface area contributed by atoms with E-state index in [1.807, 2.05) is 43.4 Å². The van der Waals surface area contributed by atoms with E-state index in [1.54, 1.807) is 16.7 Å². The average molecular weight is 323 g/mol. The molecule has 1 aromatic carbocycles. The predicted molar refractivity (Wildman–Crippen MR) is 77.6 cm³/mol. The van der Waals surface area contributed by atoms with E-state index in [1.165, 1.54) is 0 Å². The number of nitrogens with zero attached hydrogens (tertiary/aromatic N) is 2. The first kappa shape index (κ1) is 11.9. The van der Waals surface area contributed by atoms with Gasteiger partial charge in [0.15, 0.2) is 0 Å². The van der Waals surface area contributed by atoms with Crippen LogP contribution in [0.25, 0.3) is 5.69 Å². The van der Waals surface area contributed by atoms with Gasteiger partial charge in [-0.3, -0.25) is 9.36 Å². The molecule has 92 valence electrons. The summed E-state index contributed by atoms with van der Waals surface area (Å²) in [5.74, 6) is 0.581. The molecule has 18 heavy (non-hydrogen) atoms. The lowest BCUT2D eigenvalue weighted by Crippen LogP contribution is -2.30. The molecule has 1 aliphatic heterocycles. The fourth-order valence-corrected chi connectivity index (χ4v) is 3.63. The Hall–Kier alpha value is -1.20. The lowest BCUT2D eigenvalue weighted by Gasteiger charge is -2.25. The molecule has 1 aromatic heterocycles. The van der Waals surface area contributed by atoms with Crippen LogP contribution in [0.5, 0.6) is 0 Å². The maximum atomic E-state index is 12.0. The molecule has 0 spiro atoms. The molecule has 0 radical (unpaired) electrons. The summed E-state index contributed by atoms with van der Waals surface area (Å²) in [5, 5.41) is 1.08. The topological polar surface area (TPSA) is 25.2 Å². The highest BCUT2D eigenvalue weighted by Gasteiger charge is 2.21. The van der Waals surface area contributed by atoms with E-state index in [2.05, 4.69) is 20.5 Å². The minimum Gasteiger partial charge on any atom is -0.313 e.